The number of benzene rings is 6. The van der Waals surface area contributed by atoms with Gasteiger partial charge in [0.15, 0.2) is 0 Å². The second-order valence-electron chi connectivity index (χ2n) is 17.2. The van der Waals surface area contributed by atoms with Crippen LogP contribution in [0.3, 0.4) is 0 Å². The van der Waals surface area contributed by atoms with Gasteiger partial charge in [-0.05, 0) is 76.3 Å². The van der Waals surface area contributed by atoms with Crippen molar-refractivity contribution >= 4 is 22.0 Å². The molecule has 60 heavy (non-hydrogen) atoms. The number of rotatable bonds is 6. The molecule has 0 spiro atoms. The number of aromatic nitrogens is 3. The van der Waals surface area contributed by atoms with Gasteiger partial charge >= 0.3 is 0 Å². The van der Waals surface area contributed by atoms with Crippen molar-refractivity contribution in [3.8, 4) is 50.6 Å². The van der Waals surface area contributed by atoms with E-state index in [1.807, 2.05) is 0 Å². The van der Waals surface area contributed by atoms with Crippen molar-refractivity contribution in [1.82, 2.24) is 14.5 Å². The second-order valence-corrected chi connectivity index (χ2v) is 17.2. The first-order valence-electron chi connectivity index (χ1n) is 22.9. The van der Waals surface area contributed by atoms with Crippen LogP contribution in [-0.4, -0.2) is 14.5 Å². The van der Waals surface area contributed by atoms with Gasteiger partial charge in [0.1, 0.15) is 0 Å². The summed E-state index contributed by atoms with van der Waals surface area (Å²) in [6.07, 6.45) is 5.56. The number of nitrogens with zero attached hydrogens (tertiary/aromatic N) is 3. The molecule has 9 aromatic rings. The summed E-state index contributed by atoms with van der Waals surface area (Å²) in [7, 11) is 0. The maximum Gasteiger partial charge on any atom is 0.0774 e. The molecule has 0 bridgehead atoms. The van der Waals surface area contributed by atoms with Gasteiger partial charge in [0.05, 0.1) is 22.5 Å². The zero-order valence-electron chi connectivity index (χ0n) is 40.7. The van der Waals surface area contributed by atoms with E-state index in [0.717, 1.165) is 67.8 Å². The van der Waals surface area contributed by atoms with Crippen LogP contribution in [0.2, 0.25) is 0 Å². The van der Waals surface area contributed by atoms with Gasteiger partial charge < -0.3 is 14.0 Å². The van der Waals surface area contributed by atoms with Crippen LogP contribution in [0.4, 0.5) is 0 Å². The van der Waals surface area contributed by atoms with Crippen molar-refractivity contribution in [2.24, 2.45) is 5.41 Å². The number of pyridine rings is 1. The quantitative estimate of drug-likeness (QED) is 0.156. The van der Waals surface area contributed by atoms with Crippen LogP contribution in [0, 0.1) is 31.4 Å². The zero-order chi connectivity index (χ0) is 46.3. The SMILES string of the molecule is CC(C)(C)Cc1ccc2c(-c3nc4ccccc4n3-c3c(-c4ccccc4)cc(C(C)(C)C)cc3-c3ccccc3)[c-]oc2c1.[2H]C([2H])([2H])c1c[c-]c(-c2ccc(C([2H])([2H])[2H])cn2)cc1.[Ir]. The molecule has 1 radical (unpaired) electrons. The molecule has 0 aliphatic heterocycles. The predicted molar refractivity (Wildman–Crippen MR) is 246 cm³/mol. The number of aryl methyl sites for hydroxylation is 2. The fourth-order valence-electron chi connectivity index (χ4n) is 7.45. The van der Waals surface area contributed by atoms with Crippen molar-refractivity contribution in [2.75, 3.05) is 0 Å². The smallest absolute Gasteiger partial charge is 0.0774 e. The summed E-state index contributed by atoms with van der Waals surface area (Å²) in [5.41, 5.74) is 13.6. The number of para-hydroxylation sites is 2. The molecule has 9 rings (SSSR count). The summed E-state index contributed by atoms with van der Waals surface area (Å²) in [5, 5.41) is 1.01. The van der Waals surface area contributed by atoms with E-state index in [4.69, 9.17) is 17.6 Å². The Morgan fingerprint density at radius 2 is 1.35 bits per heavy atom. The molecule has 6 aromatic carbocycles. The Labute approximate surface area is 377 Å². The molecular weight excluding hydrogens is 911 g/mol. The zero-order valence-corrected chi connectivity index (χ0v) is 37.1. The number of hydrogen-bond acceptors (Lipinski definition) is 3. The molecule has 5 heteroatoms. The van der Waals surface area contributed by atoms with Gasteiger partial charge in [-0.15, -0.1) is 41.5 Å². The minimum Gasteiger partial charge on any atom is -0.557 e. The minimum absolute atomic E-state index is 0. The summed E-state index contributed by atoms with van der Waals surface area (Å²) in [6, 6.07) is 51.6. The molecule has 0 N–H and O–H groups in total. The molecule has 0 amide bonds. The molecule has 4 nitrogen and oxygen atoms in total. The standard InChI is InChI=1S/C42H39N2O.C13H12N.Ir/c1-41(2,3)26-28-21-22-32-35(27-45-38(32)23-28)40-43-36-19-13-14-20-37(36)44(40)39-33(29-15-9-7-10-16-29)24-31(42(4,5)6)25-34(39)30-17-11-8-12-18-30;1-10-3-6-12(7-4-10)13-8-5-11(2)9-14-13;/h7-25H,26H2,1-6H3;3-6,8-9H,1-2H3;/q2*-1;/i;1D3,2D3;. The molecular formula is C55H51IrN3O-2. The van der Waals surface area contributed by atoms with E-state index < -0.39 is 13.7 Å². The molecule has 0 saturated heterocycles. The maximum absolute atomic E-state index is 7.28. The summed E-state index contributed by atoms with van der Waals surface area (Å²) in [4.78, 5) is 9.35. The minimum atomic E-state index is -2.18. The Bertz CT molecular complexity index is 2970. The third-order valence-corrected chi connectivity index (χ3v) is 10.3. The van der Waals surface area contributed by atoms with E-state index in [-0.39, 0.29) is 42.1 Å². The number of imidazole rings is 1. The predicted octanol–water partition coefficient (Wildman–Crippen LogP) is 14.6. The summed E-state index contributed by atoms with van der Waals surface area (Å²) < 4.78 is 52.1. The van der Waals surface area contributed by atoms with E-state index in [1.165, 1.54) is 35.5 Å². The van der Waals surface area contributed by atoms with E-state index in [0.29, 0.717) is 11.3 Å². The number of furan rings is 1. The number of hydrogen-bond donors (Lipinski definition) is 0. The van der Waals surface area contributed by atoms with E-state index in [9.17, 15) is 0 Å². The van der Waals surface area contributed by atoms with Gasteiger partial charge in [0, 0.05) is 57.5 Å². The van der Waals surface area contributed by atoms with E-state index >= 15 is 0 Å². The van der Waals surface area contributed by atoms with Gasteiger partial charge in [-0.2, -0.15) is 0 Å². The molecule has 0 saturated carbocycles. The summed E-state index contributed by atoms with van der Waals surface area (Å²) >= 11 is 0. The average molecular weight is 968 g/mol. The fraction of sp³-hybridized carbons (Fsp3) is 0.200. The van der Waals surface area contributed by atoms with Gasteiger partial charge in [0.2, 0.25) is 0 Å². The first-order valence-corrected chi connectivity index (χ1v) is 19.9. The molecule has 0 unspecified atom stereocenters. The van der Waals surface area contributed by atoms with Crippen LogP contribution in [0.25, 0.3) is 72.6 Å². The van der Waals surface area contributed by atoms with E-state index in [2.05, 4.69) is 179 Å². The fourth-order valence-corrected chi connectivity index (χ4v) is 7.45. The largest absolute Gasteiger partial charge is 0.557 e. The number of fused-ring (bicyclic) bond motifs is 2. The van der Waals surface area contributed by atoms with Crippen LogP contribution >= 0.6 is 0 Å². The topological polar surface area (TPSA) is 43.9 Å². The van der Waals surface area contributed by atoms with E-state index in [1.54, 1.807) is 12.1 Å². The normalized spacial score (nSPS) is 13.5. The molecule has 0 atom stereocenters. The van der Waals surface area contributed by atoms with Crippen molar-refractivity contribution in [1.29, 1.82) is 0 Å². The van der Waals surface area contributed by atoms with Crippen LogP contribution in [0.5, 0.6) is 0 Å². The van der Waals surface area contributed by atoms with Crippen molar-refractivity contribution in [2.45, 2.75) is 67.1 Å². The molecule has 0 fully saturated rings. The Morgan fingerprint density at radius 1 is 0.700 bits per heavy atom. The summed E-state index contributed by atoms with van der Waals surface area (Å²) in [5.74, 6) is 0.816. The maximum atomic E-state index is 7.28. The third kappa shape index (κ3) is 9.14. The molecule has 0 aliphatic carbocycles. The van der Waals surface area contributed by atoms with Gasteiger partial charge in [-0.1, -0.05) is 162 Å². The molecule has 0 aliphatic rings. The van der Waals surface area contributed by atoms with Crippen LogP contribution in [-0.2, 0) is 31.9 Å². The monoisotopic (exact) mass is 968 g/mol. The molecule has 303 valence electrons. The Kier molecular flexibility index (Phi) is 10.1. The van der Waals surface area contributed by atoms with Crippen LogP contribution < -0.4 is 0 Å². The molecule has 3 heterocycles. The Hall–Kier alpha value is -5.87. The summed E-state index contributed by atoms with van der Waals surface area (Å²) in [6.45, 7) is 9.29. The Balaban J connectivity index is 0.000000260. The average Bonchev–Trinajstić information content (AvgIpc) is 3.86. The van der Waals surface area contributed by atoms with Crippen molar-refractivity contribution in [3.63, 3.8) is 0 Å². The van der Waals surface area contributed by atoms with Crippen molar-refractivity contribution in [3.05, 3.63) is 186 Å². The third-order valence-electron chi connectivity index (χ3n) is 10.3. The van der Waals surface area contributed by atoms with Crippen LogP contribution in [0.1, 0.15) is 72.0 Å². The van der Waals surface area contributed by atoms with Crippen LogP contribution in [0.15, 0.2) is 156 Å². The van der Waals surface area contributed by atoms with Gasteiger partial charge in [0.25, 0.3) is 0 Å². The van der Waals surface area contributed by atoms with Gasteiger partial charge in [-0.25, -0.2) is 0 Å². The molecule has 3 aromatic heterocycles. The second kappa shape index (κ2) is 17.4. The van der Waals surface area contributed by atoms with Gasteiger partial charge in [-0.3, -0.25) is 4.98 Å². The Morgan fingerprint density at radius 3 is 1.93 bits per heavy atom. The van der Waals surface area contributed by atoms with Crippen molar-refractivity contribution < 1.29 is 32.7 Å². The first kappa shape index (κ1) is 34.9. The first-order chi connectivity index (χ1) is 30.7.